The number of aliphatic hydroxyl groups excluding tert-OH is 1. The van der Waals surface area contributed by atoms with Crippen molar-refractivity contribution in [2.75, 3.05) is 0 Å². The molecule has 0 aliphatic heterocycles. The second-order valence-electron chi connectivity index (χ2n) is 4.82. The summed E-state index contributed by atoms with van der Waals surface area (Å²) >= 11 is 0. The molecule has 2 unspecified atom stereocenters. The molecule has 1 aliphatic rings. The maximum Gasteiger partial charge on any atom is 0.573 e. The Bertz CT molecular complexity index is 524. The van der Waals surface area contributed by atoms with E-state index in [2.05, 4.69) is 4.74 Å². The fourth-order valence-corrected chi connectivity index (χ4v) is 2.38. The Hall–Kier alpha value is -1.31. The van der Waals surface area contributed by atoms with Crippen LogP contribution in [-0.2, 0) is 10.3 Å². The van der Waals surface area contributed by atoms with Crippen molar-refractivity contribution in [2.45, 2.75) is 37.3 Å². The van der Waals surface area contributed by atoms with Crippen LogP contribution in [0.5, 0.6) is 5.75 Å². The molecule has 21 heavy (non-hydrogen) atoms. The van der Waals surface area contributed by atoms with Crippen LogP contribution in [0.1, 0.15) is 24.8 Å². The fraction of sp³-hybridized carbons (Fsp3) is 0.462. The topological polar surface area (TPSA) is 72.6 Å². The SMILES string of the molecule is Cl.NC1(c2cccc(OC(F)(F)F)c2)CCCC(O)C1=O. The van der Waals surface area contributed by atoms with Crippen LogP contribution in [0.15, 0.2) is 24.3 Å². The maximum absolute atomic E-state index is 12.2. The average Bonchev–Trinajstić information content (AvgIpc) is 2.34. The maximum atomic E-state index is 12.2. The number of benzene rings is 1. The normalized spacial score (nSPS) is 26.1. The molecule has 1 aromatic carbocycles. The molecule has 3 N–H and O–H groups in total. The zero-order chi connectivity index (χ0) is 15.0. The molecule has 0 spiro atoms. The van der Waals surface area contributed by atoms with E-state index in [0.717, 1.165) is 12.1 Å². The number of rotatable bonds is 2. The minimum atomic E-state index is -4.81. The van der Waals surface area contributed by atoms with Gasteiger partial charge in [0.05, 0.1) is 0 Å². The number of Topliss-reactive ketones (excluding diaryl/α,β-unsaturated/α-hetero) is 1. The number of carbonyl (C=O) groups is 1. The Labute approximate surface area is 125 Å². The number of hydrogen-bond acceptors (Lipinski definition) is 4. The van der Waals surface area contributed by atoms with E-state index in [1.54, 1.807) is 0 Å². The van der Waals surface area contributed by atoms with Crippen LogP contribution >= 0.6 is 12.4 Å². The number of ketones is 1. The van der Waals surface area contributed by atoms with Crippen LogP contribution < -0.4 is 10.5 Å². The van der Waals surface area contributed by atoms with Crippen LogP contribution in [-0.4, -0.2) is 23.4 Å². The van der Waals surface area contributed by atoms with Crippen molar-refractivity contribution in [3.05, 3.63) is 29.8 Å². The second kappa shape index (κ2) is 6.21. The van der Waals surface area contributed by atoms with Gasteiger partial charge in [-0.2, -0.15) is 0 Å². The number of carbonyl (C=O) groups excluding carboxylic acids is 1. The summed E-state index contributed by atoms with van der Waals surface area (Å²) in [5, 5.41) is 9.59. The number of nitrogens with two attached hydrogens (primary N) is 1. The van der Waals surface area contributed by atoms with E-state index in [0.29, 0.717) is 12.8 Å². The Morgan fingerprint density at radius 1 is 1.38 bits per heavy atom. The van der Waals surface area contributed by atoms with Gasteiger partial charge >= 0.3 is 6.36 Å². The first-order valence-electron chi connectivity index (χ1n) is 6.10. The standard InChI is InChI=1S/C13H14F3NO3.ClH/c14-13(15,16)20-9-4-1-3-8(7-9)12(17)6-2-5-10(18)11(12)19;/h1,3-4,7,10,18H,2,5-6,17H2;1H. The van der Waals surface area contributed by atoms with Crippen molar-refractivity contribution in [3.63, 3.8) is 0 Å². The largest absolute Gasteiger partial charge is 0.573 e. The first-order valence-corrected chi connectivity index (χ1v) is 6.10. The predicted molar refractivity (Wildman–Crippen MR) is 71.1 cm³/mol. The molecule has 2 atom stereocenters. The average molecular weight is 326 g/mol. The van der Waals surface area contributed by atoms with E-state index in [-0.39, 0.29) is 24.4 Å². The van der Waals surface area contributed by atoms with E-state index in [1.807, 2.05) is 0 Å². The highest BCUT2D eigenvalue weighted by molar-refractivity contribution is 5.93. The Kier molecular flexibility index (Phi) is 5.25. The van der Waals surface area contributed by atoms with Crippen molar-refractivity contribution in [3.8, 4) is 5.75 Å². The van der Waals surface area contributed by atoms with Gasteiger partial charge in [-0.3, -0.25) is 4.79 Å². The first-order chi connectivity index (χ1) is 9.22. The first kappa shape index (κ1) is 17.7. The number of hydrogen-bond donors (Lipinski definition) is 2. The lowest BCUT2D eigenvalue weighted by Gasteiger charge is -2.34. The van der Waals surface area contributed by atoms with Crippen molar-refractivity contribution in [1.82, 2.24) is 0 Å². The molecule has 118 valence electrons. The van der Waals surface area contributed by atoms with Gasteiger partial charge < -0.3 is 15.6 Å². The number of ether oxygens (including phenoxy) is 1. The smallest absolute Gasteiger partial charge is 0.406 e. The van der Waals surface area contributed by atoms with Gasteiger partial charge in [-0.15, -0.1) is 25.6 Å². The fourth-order valence-electron chi connectivity index (χ4n) is 2.38. The lowest BCUT2D eigenvalue weighted by atomic mass is 9.75. The van der Waals surface area contributed by atoms with Crippen molar-refractivity contribution >= 4 is 18.2 Å². The van der Waals surface area contributed by atoms with Gasteiger partial charge in [0.2, 0.25) is 0 Å². The Balaban J connectivity index is 0.00000220. The molecule has 0 saturated heterocycles. The summed E-state index contributed by atoms with van der Waals surface area (Å²) in [6.07, 6.45) is -4.87. The molecule has 8 heteroatoms. The molecule has 0 heterocycles. The van der Waals surface area contributed by atoms with E-state index < -0.39 is 29.5 Å². The third-order valence-electron chi connectivity index (χ3n) is 3.37. The molecule has 1 fully saturated rings. The van der Waals surface area contributed by atoms with Crippen molar-refractivity contribution in [1.29, 1.82) is 0 Å². The Morgan fingerprint density at radius 3 is 2.67 bits per heavy atom. The highest BCUT2D eigenvalue weighted by atomic mass is 35.5. The van der Waals surface area contributed by atoms with Gasteiger partial charge in [0.1, 0.15) is 17.4 Å². The van der Waals surface area contributed by atoms with Crippen molar-refractivity contribution in [2.24, 2.45) is 5.73 Å². The molecule has 0 radical (unpaired) electrons. The molecule has 1 aliphatic carbocycles. The Morgan fingerprint density at radius 2 is 2.05 bits per heavy atom. The summed E-state index contributed by atoms with van der Waals surface area (Å²) in [5.74, 6) is -1.01. The van der Waals surface area contributed by atoms with Gasteiger partial charge in [-0.05, 0) is 37.0 Å². The molecule has 1 saturated carbocycles. The number of halogens is 4. The minimum Gasteiger partial charge on any atom is -0.406 e. The quantitative estimate of drug-likeness (QED) is 0.875. The molecule has 0 bridgehead atoms. The molecule has 0 amide bonds. The summed E-state index contributed by atoms with van der Waals surface area (Å²) < 4.78 is 40.4. The number of alkyl halides is 3. The van der Waals surface area contributed by atoms with Gasteiger partial charge in [0, 0.05) is 0 Å². The highest BCUT2D eigenvalue weighted by Crippen LogP contribution is 2.34. The summed E-state index contributed by atoms with van der Waals surface area (Å²) in [7, 11) is 0. The van der Waals surface area contributed by atoms with Crippen LogP contribution in [0.3, 0.4) is 0 Å². The van der Waals surface area contributed by atoms with Gasteiger partial charge in [-0.25, -0.2) is 0 Å². The highest BCUT2D eigenvalue weighted by Gasteiger charge is 2.42. The third kappa shape index (κ3) is 3.87. The zero-order valence-corrected chi connectivity index (χ0v) is 11.7. The summed E-state index contributed by atoms with van der Waals surface area (Å²) in [4.78, 5) is 12.0. The van der Waals surface area contributed by atoms with Crippen LogP contribution in [0.4, 0.5) is 13.2 Å². The van der Waals surface area contributed by atoms with E-state index in [4.69, 9.17) is 5.73 Å². The molecular weight excluding hydrogens is 311 g/mol. The lowest BCUT2D eigenvalue weighted by Crippen LogP contribution is -2.52. The molecule has 2 rings (SSSR count). The predicted octanol–water partition coefficient (Wildman–Crippen LogP) is 2.27. The van der Waals surface area contributed by atoms with Crippen LogP contribution in [0, 0.1) is 0 Å². The second-order valence-corrected chi connectivity index (χ2v) is 4.82. The molecule has 1 aromatic rings. The van der Waals surface area contributed by atoms with Gasteiger partial charge in [-0.1, -0.05) is 12.1 Å². The van der Waals surface area contributed by atoms with E-state index >= 15 is 0 Å². The van der Waals surface area contributed by atoms with Gasteiger partial charge in [0.15, 0.2) is 5.78 Å². The minimum absolute atomic E-state index is 0. The molecule has 4 nitrogen and oxygen atoms in total. The summed E-state index contributed by atoms with van der Waals surface area (Å²) in [5.41, 5.74) is 4.74. The third-order valence-corrected chi connectivity index (χ3v) is 3.37. The number of aliphatic hydroxyl groups is 1. The monoisotopic (exact) mass is 325 g/mol. The van der Waals surface area contributed by atoms with Crippen molar-refractivity contribution < 1.29 is 27.8 Å². The molecule has 0 aromatic heterocycles. The van der Waals surface area contributed by atoms with Gasteiger partial charge in [0.25, 0.3) is 0 Å². The van der Waals surface area contributed by atoms with E-state index in [1.165, 1.54) is 12.1 Å². The lowest BCUT2D eigenvalue weighted by molar-refractivity contribution is -0.274. The summed E-state index contributed by atoms with van der Waals surface area (Å²) in [6, 6.07) is 5.01. The zero-order valence-electron chi connectivity index (χ0n) is 10.9. The van der Waals surface area contributed by atoms with Crippen LogP contribution in [0.2, 0.25) is 0 Å². The van der Waals surface area contributed by atoms with E-state index in [9.17, 15) is 23.1 Å². The van der Waals surface area contributed by atoms with Crippen LogP contribution in [0.25, 0.3) is 0 Å². The summed E-state index contributed by atoms with van der Waals surface area (Å²) in [6.45, 7) is 0. The molecular formula is C13H15ClF3NO3.